The van der Waals surface area contributed by atoms with Gasteiger partial charge in [-0.1, -0.05) is 18.2 Å². The van der Waals surface area contributed by atoms with Crippen molar-refractivity contribution in [3.05, 3.63) is 29.3 Å². The van der Waals surface area contributed by atoms with Crippen molar-refractivity contribution in [3.8, 4) is 5.75 Å². The Bertz CT molecular complexity index is 753. The topological polar surface area (TPSA) is 106 Å². The minimum absolute atomic E-state index is 0.230. The number of aryl methyl sites for hydroxylation is 2. The number of unbranched alkanes of at least 4 members (excludes halogenated alkanes) is 1. The molecule has 0 fully saturated rings. The highest BCUT2D eigenvalue weighted by molar-refractivity contribution is 5.86. The second-order valence-corrected chi connectivity index (χ2v) is 9.12. The first-order valence-electron chi connectivity index (χ1n) is 11.1. The SMILES string of the molecule is CC(=O)NC(CCCCNC(=O)OC(C)(C)C)C(=O)NC(C)COc1c(C)cccc1C. The molecule has 8 nitrogen and oxygen atoms in total. The average molecular weight is 450 g/mol. The molecule has 0 aliphatic carbocycles. The Morgan fingerprint density at radius 3 is 2.22 bits per heavy atom. The van der Waals surface area contributed by atoms with Crippen LogP contribution in [0.3, 0.4) is 0 Å². The monoisotopic (exact) mass is 449 g/mol. The van der Waals surface area contributed by atoms with Crippen LogP contribution in [-0.4, -0.2) is 48.7 Å². The Morgan fingerprint density at radius 2 is 1.66 bits per heavy atom. The van der Waals surface area contributed by atoms with Gasteiger partial charge in [0.15, 0.2) is 0 Å². The van der Waals surface area contributed by atoms with Crippen LogP contribution in [0.25, 0.3) is 0 Å². The summed E-state index contributed by atoms with van der Waals surface area (Å²) in [5.41, 5.74) is 1.54. The molecule has 0 aromatic heterocycles. The second kappa shape index (κ2) is 12.9. The minimum atomic E-state index is -0.642. The summed E-state index contributed by atoms with van der Waals surface area (Å²) in [6.45, 7) is 13.4. The zero-order chi connectivity index (χ0) is 24.3. The molecule has 1 aromatic rings. The summed E-state index contributed by atoms with van der Waals surface area (Å²) in [7, 11) is 0. The standard InChI is InChI=1S/C24H39N3O5/c1-16-11-10-12-17(2)21(16)31-15-18(3)26-22(29)20(27-19(4)28)13-8-9-14-25-23(30)32-24(5,6)7/h10-12,18,20H,8-9,13-15H2,1-7H3,(H,25,30)(H,26,29)(H,27,28). The van der Waals surface area contributed by atoms with Crippen molar-refractivity contribution in [1.82, 2.24) is 16.0 Å². The predicted octanol–water partition coefficient (Wildman–Crippen LogP) is 3.39. The van der Waals surface area contributed by atoms with Gasteiger partial charge < -0.3 is 25.4 Å². The number of benzene rings is 1. The first kappa shape index (κ1) is 27.3. The molecule has 2 atom stereocenters. The first-order chi connectivity index (χ1) is 14.9. The molecule has 0 spiro atoms. The van der Waals surface area contributed by atoms with Gasteiger partial charge in [-0.25, -0.2) is 4.79 Å². The van der Waals surface area contributed by atoms with Crippen molar-refractivity contribution in [2.24, 2.45) is 0 Å². The van der Waals surface area contributed by atoms with E-state index in [2.05, 4.69) is 16.0 Å². The molecule has 1 aromatic carbocycles. The third kappa shape index (κ3) is 11.0. The van der Waals surface area contributed by atoms with Crippen molar-refractivity contribution in [2.45, 2.75) is 85.4 Å². The maximum Gasteiger partial charge on any atom is 0.407 e. The number of para-hydroxylation sites is 1. The number of ether oxygens (including phenoxy) is 2. The van der Waals surface area contributed by atoms with E-state index in [1.165, 1.54) is 6.92 Å². The lowest BCUT2D eigenvalue weighted by Gasteiger charge is -2.22. The number of rotatable bonds is 11. The molecule has 0 aliphatic heterocycles. The van der Waals surface area contributed by atoms with Crippen molar-refractivity contribution >= 4 is 17.9 Å². The van der Waals surface area contributed by atoms with Crippen LogP contribution < -0.4 is 20.7 Å². The van der Waals surface area contributed by atoms with Gasteiger partial charge in [-0.2, -0.15) is 0 Å². The lowest BCUT2D eigenvalue weighted by Crippen LogP contribution is -2.49. The van der Waals surface area contributed by atoms with E-state index in [1.807, 2.05) is 39.0 Å². The lowest BCUT2D eigenvalue weighted by molar-refractivity contribution is -0.128. The molecule has 0 radical (unpaired) electrons. The summed E-state index contributed by atoms with van der Waals surface area (Å²) in [5.74, 6) is 0.305. The quantitative estimate of drug-likeness (QED) is 0.449. The first-order valence-corrected chi connectivity index (χ1v) is 11.1. The highest BCUT2D eigenvalue weighted by Gasteiger charge is 2.21. The van der Waals surface area contributed by atoms with Gasteiger partial charge in [0.2, 0.25) is 11.8 Å². The third-order valence-electron chi connectivity index (χ3n) is 4.56. The van der Waals surface area contributed by atoms with E-state index in [1.54, 1.807) is 20.8 Å². The predicted molar refractivity (Wildman–Crippen MR) is 125 cm³/mol. The van der Waals surface area contributed by atoms with Crippen molar-refractivity contribution in [1.29, 1.82) is 0 Å². The smallest absolute Gasteiger partial charge is 0.407 e. The molecule has 0 saturated heterocycles. The summed E-state index contributed by atoms with van der Waals surface area (Å²) in [5, 5.41) is 8.31. The summed E-state index contributed by atoms with van der Waals surface area (Å²) >= 11 is 0. The molecule has 1 rings (SSSR count). The van der Waals surface area contributed by atoms with Gasteiger partial charge in [-0.15, -0.1) is 0 Å². The maximum atomic E-state index is 12.7. The number of nitrogens with one attached hydrogen (secondary N) is 3. The number of hydrogen-bond donors (Lipinski definition) is 3. The fourth-order valence-electron chi connectivity index (χ4n) is 3.11. The van der Waals surface area contributed by atoms with E-state index in [-0.39, 0.29) is 17.9 Å². The zero-order valence-corrected chi connectivity index (χ0v) is 20.5. The van der Waals surface area contributed by atoms with E-state index < -0.39 is 17.7 Å². The highest BCUT2D eigenvalue weighted by atomic mass is 16.6. The van der Waals surface area contributed by atoms with Gasteiger partial charge in [0, 0.05) is 13.5 Å². The van der Waals surface area contributed by atoms with Crippen LogP contribution in [0.4, 0.5) is 4.79 Å². The molecule has 0 aliphatic rings. The Labute approximate surface area is 191 Å². The Hall–Kier alpha value is -2.77. The minimum Gasteiger partial charge on any atom is -0.491 e. The van der Waals surface area contributed by atoms with Crippen LogP contribution in [0.2, 0.25) is 0 Å². The molecular weight excluding hydrogens is 410 g/mol. The number of amides is 3. The third-order valence-corrected chi connectivity index (χ3v) is 4.56. The van der Waals surface area contributed by atoms with Gasteiger partial charge in [0.25, 0.3) is 0 Å². The maximum absolute atomic E-state index is 12.7. The van der Waals surface area contributed by atoms with Crippen LogP contribution in [0.5, 0.6) is 5.75 Å². The van der Waals surface area contributed by atoms with Gasteiger partial charge >= 0.3 is 6.09 Å². The fraction of sp³-hybridized carbons (Fsp3) is 0.625. The molecule has 0 saturated carbocycles. The molecular formula is C24H39N3O5. The summed E-state index contributed by atoms with van der Waals surface area (Å²) in [6.07, 6.45) is 1.31. The number of alkyl carbamates (subject to hydrolysis) is 1. The van der Waals surface area contributed by atoms with Crippen molar-refractivity contribution in [3.63, 3.8) is 0 Å². The number of carbonyl (C=O) groups is 3. The zero-order valence-electron chi connectivity index (χ0n) is 20.5. The Kier molecular flexibility index (Phi) is 11.0. The number of carbonyl (C=O) groups excluding carboxylic acids is 3. The molecule has 3 amide bonds. The molecule has 180 valence electrons. The molecule has 3 N–H and O–H groups in total. The number of hydrogen-bond acceptors (Lipinski definition) is 5. The van der Waals surface area contributed by atoms with Crippen LogP contribution in [0.15, 0.2) is 18.2 Å². The van der Waals surface area contributed by atoms with Gasteiger partial charge in [0.05, 0.1) is 6.04 Å². The van der Waals surface area contributed by atoms with Gasteiger partial charge in [-0.05, 0) is 71.9 Å². The Balaban J connectivity index is 2.46. The molecule has 0 heterocycles. The van der Waals surface area contributed by atoms with E-state index >= 15 is 0 Å². The largest absolute Gasteiger partial charge is 0.491 e. The van der Waals surface area contributed by atoms with Gasteiger partial charge in [-0.3, -0.25) is 9.59 Å². The van der Waals surface area contributed by atoms with Crippen LogP contribution >= 0.6 is 0 Å². The van der Waals surface area contributed by atoms with E-state index in [0.717, 1.165) is 16.9 Å². The molecule has 8 heteroatoms. The van der Waals surface area contributed by atoms with Crippen molar-refractivity contribution < 1.29 is 23.9 Å². The Morgan fingerprint density at radius 1 is 1.03 bits per heavy atom. The average Bonchev–Trinajstić information content (AvgIpc) is 2.64. The van der Waals surface area contributed by atoms with E-state index in [0.29, 0.717) is 32.4 Å². The van der Waals surface area contributed by atoms with Crippen molar-refractivity contribution in [2.75, 3.05) is 13.2 Å². The van der Waals surface area contributed by atoms with Crippen LogP contribution in [0.1, 0.15) is 65.0 Å². The normalized spacial score (nSPS) is 13.0. The molecule has 32 heavy (non-hydrogen) atoms. The van der Waals surface area contributed by atoms with Crippen LogP contribution in [0, 0.1) is 13.8 Å². The molecule has 2 unspecified atom stereocenters. The van der Waals surface area contributed by atoms with Gasteiger partial charge in [0.1, 0.15) is 24.0 Å². The lowest BCUT2D eigenvalue weighted by atomic mass is 10.1. The highest BCUT2D eigenvalue weighted by Crippen LogP contribution is 2.22. The second-order valence-electron chi connectivity index (χ2n) is 9.12. The van der Waals surface area contributed by atoms with E-state index in [9.17, 15) is 14.4 Å². The summed E-state index contributed by atoms with van der Waals surface area (Å²) in [6, 6.07) is 5.07. The van der Waals surface area contributed by atoms with Crippen LogP contribution in [-0.2, 0) is 14.3 Å². The summed E-state index contributed by atoms with van der Waals surface area (Å²) in [4.78, 5) is 35.9. The molecule has 0 bridgehead atoms. The fourth-order valence-corrected chi connectivity index (χ4v) is 3.11. The van der Waals surface area contributed by atoms with E-state index in [4.69, 9.17) is 9.47 Å². The summed E-state index contributed by atoms with van der Waals surface area (Å²) < 4.78 is 11.1.